The first-order valence-corrected chi connectivity index (χ1v) is 5.25. The highest BCUT2D eigenvalue weighted by atomic mass is 16.8. The minimum Gasteiger partial charge on any atom is -0.380 e. The van der Waals surface area contributed by atoms with Crippen LogP contribution >= 0.6 is 0 Å². The van der Waals surface area contributed by atoms with Gasteiger partial charge in [-0.25, -0.2) is 4.98 Å². The van der Waals surface area contributed by atoms with E-state index >= 15 is 0 Å². The summed E-state index contributed by atoms with van der Waals surface area (Å²) in [7, 11) is 0. The van der Waals surface area contributed by atoms with E-state index in [1.807, 2.05) is 0 Å². The van der Waals surface area contributed by atoms with Gasteiger partial charge in [-0.3, -0.25) is 9.78 Å². The van der Waals surface area contributed by atoms with Gasteiger partial charge in [0.15, 0.2) is 11.2 Å². The van der Waals surface area contributed by atoms with Crippen molar-refractivity contribution in [1.29, 1.82) is 0 Å². The summed E-state index contributed by atoms with van der Waals surface area (Å²) < 4.78 is 6.58. The molecule has 1 saturated heterocycles. The highest BCUT2D eigenvalue weighted by Crippen LogP contribution is 2.12. The molecule has 1 aliphatic rings. The first-order chi connectivity index (χ1) is 8.24. The molecule has 0 radical (unpaired) electrons. The largest absolute Gasteiger partial charge is 0.380 e. The number of nitrogens with zero attached hydrogens (tertiary/aromatic N) is 3. The zero-order valence-electron chi connectivity index (χ0n) is 8.92. The Morgan fingerprint density at radius 2 is 2.53 bits per heavy atom. The average molecular weight is 237 g/mol. The summed E-state index contributed by atoms with van der Waals surface area (Å²) in [5, 5.41) is 0. The fraction of sp³-hybridized carbons (Fsp3) is 0.444. The number of nitrogen functional groups attached to an aromatic ring is 1. The molecule has 0 spiro atoms. The topological polar surface area (TPSA) is 108 Å². The van der Waals surface area contributed by atoms with Crippen molar-refractivity contribution >= 4 is 17.1 Å². The number of ether oxygens (including phenoxy) is 1. The first-order valence-electron chi connectivity index (χ1n) is 5.25. The molecule has 3 heterocycles. The lowest BCUT2D eigenvalue weighted by molar-refractivity contribution is -0.111. The van der Waals surface area contributed by atoms with Gasteiger partial charge in [0.1, 0.15) is 6.33 Å². The molecule has 3 N–H and O–H groups in total. The van der Waals surface area contributed by atoms with Crippen LogP contribution in [0.3, 0.4) is 0 Å². The van der Waals surface area contributed by atoms with Gasteiger partial charge in [0.05, 0.1) is 6.61 Å². The number of nitrogens with one attached hydrogen (secondary N) is 1. The maximum absolute atomic E-state index is 11.7. The molecular formula is C9H11N5O3. The Kier molecular flexibility index (Phi) is 2.22. The predicted molar refractivity (Wildman–Crippen MR) is 58.1 cm³/mol. The molecule has 1 fully saturated rings. The van der Waals surface area contributed by atoms with Crippen LogP contribution in [0, 0.1) is 0 Å². The molecule has 0 saturated carbocycles. The van der Waals surface area contributed by atoms with Gasteiger partial charge in [0, 0.05) is 6.42 Å². The molecule has 0 aliphatic carbocycles. The van der Waals surface area contributed by atoms with Crippen molar-refractivity contribution in [3.05, 3.63) is 16.7 Å². The third-order valence-electron chi connectivity index (χ3n) is 2.52. The Morgan fingerprint density at radius 3 is 3.29 bits per heavy atom. The van der Waals surface area contributed by atoms with Crippen LogP contribution in [0.5, 0.6) is 0 Å². The van der Waals surface area contributed by atoms with Crippen molar-refractivity contribution in [1.82, 2.24) is 19.7 Å². The molecule has 1 unspecified atom stereocenters. The standard InChI is InChI=1S/C9H11N5O3/c10-9-12-7-6(8(15)13-9)14(4-11-7)17-5-2-1-3-16-5/h4-5H,1-3H2,(H3,10,12,13,15). The second kappa shape index (κ2) is 3.74. The van der Waals surface area contributed by atoms with E-state index in [-0.39, 0.29) is 29.0 Å². The number of hydrogen-bond donors (Lipinski definition) is 2. The quantitative estimate of drug-likeness (QED) is 0.712. The molecule has 8 nitrogen and oxygen atoms in total. The number of aromatic nitrogens is 4. The minimum atomic E-state index is -0.386. The molecule has 2 aromatic heterocycles. The molecular weight excluding hydrogens is 226 g/mol. The highest BCUT2D eigenvalue weighted by molar-refractivity contribution is 5.70. The highest BCUT2D eigenvalue weighted by Gasteiger charge is 2.19. The normalized spacial score (nSPS) is 19.9. The number of imidazole rings is 1. The van der Waals surface area contributed by atoms with Gasteiger partial charge in [-0.1, -0.05) is 0 Å². The Hall–Kier alpha value is -2.09. The molecule has 90 valence electrons. The molecule has 0 amide bonds. The zero-order chi connectivity index (χ0) is 11.8. The van der Waals surface area contributed by atoms with Gasteiger partial charge in [0.25, 0.3) is 5.56 Å². The third kappa shape index (κ3) is 1.72. The molecule has 2 aromatic rings. The lowest BCUT2D eigenvalue weighted by atomic mass is 10.4. The summed E-state index contributed by atoms with van der Waals surface area (Å²) in [5.41, 5.74) is 5.52. The Morgan fingerprint density at radius 1 is 1.65 bits per heavy atom. The SMILES string of the molecule is Nc1nc2ncn(OC3CCCO3)c2c(=O)[nH]1. The van der Waals surface area contributed by atoms with Gasteiger partial charge in [-0.15, -0.1) is 0 Å². The molecule has 1 aliphatic heterocycles. The average Bonchev–Trinajstić information content (AvgIpc) is 2.88. The summed E-state index contributed by atoms with van der Waals surface area (Å²) in [5.74, 6) is 0.0323. The second-order valence-electron chi connectivity index (χ2n) is 3.74. The summed E-state index contributed by atoms with van der Waals surface area (Å²) in [6, 6.07) is 0. The van der Waals surface area contributed by atoms with Crippen molar-refractivity contribution in [3.8, 4) is 0 Å². The molecule has 1 atom stereocenters. The van der Waals surface area contributed by atoms with Crippen molar-refractivity contribution in [2.24, 2.45) is 0 Å². The molecule has 3 rings (SSSR count). The zero-order valence-corrected chi connectivity index (χ0v) is 8.92. The van der Waals surface area contributed by atoms with Gasteiger partial charge in [-0.05, 0) is 6.42 Å². The van der Waals surface area contributed by atoms with Crippen molar-refractivity contribution in [3.63, 3.8) is 0 Å². The first kappa shape index (κ1) is 10.1. The fourth-order valence-corrected chi connectivity index (χ4v) is 1.76. The maximum Gasteiger partial charge on any atom is 0.282 e. The number of hydrogen-bond acceptors (Lipinski definition) is 6. The Labute approximate surface area is 95.3 Å². The van der Waals surface area contributed by atoms with Crippen LogP contribution in [-0.2, 0) is 4.74 Å². The van der Waals surface area contributed by atoms with E-state index in [4.69, 9.17) is 15.3 Å². The Bertz CT molecular complexity index is 598. The van der Waals surface area contributed by atoms with Crippen LogP contribution in [0.1, 0.15) is 12.8 Å². The number of H-pyrrole nitrogens is 1. The van der Waals surface area contributed by atoms with Crippen molar-refractivity contribution in [2.75, 3.05) is 12.3 Å². The van der Waals surface area contributed by atoms with E-state index in [1.54, 1.807) is 0 Å². The van der Waals surface area contributed by atoms with Crippen molar-refractivity contribution in [2.45, 2.75) is 19.1 Å². The fourth-order valence-electron chi connectivity index (χ4n) is 1.76. The summed E-state index contributed by atoms with van der Waals surface area (Å²) >= 11 is 0. The van der Waals surface area contributed by atoms with Crippen LogP contribution in [-0.4, -0.2) is 32.6 Å². The number of fused-ring (bicyclic) bond motifs is 1. The smallest absolute Gasteiger partial charge is 0.282 e. The van der Waals surface area contributed by atoms with E-state index in [0.29, 0.717) is 6.61 Å². The number of nitrogens with two attached hydrogens (primary N) is 1. The lowest BCUT2D eigenvalue weighted by Crippen LogP contribution is -2.26. The van der Waals surface area contributed by atoms with Gasteiger partial charge < -0.3 is 15.3 Å². The second-order valence-corrected chi connectivity index (χ2v) is 3.74. The number of rotatable bonds is 2. The molecule has 17 heavy (non-hydrogen) atoms. The number of anilines is 1. The summed E-state index contributed by atoms with van der Waals surface area (Å²) in [4.78, 5) is 27.4. The van der Waals surface area contributed by atoms with Crippen LogP contribution < -0.4 is 16.1 Å². The van der Waals surface area contributed by atoms with E-state index in [1.165, 1.54) is 11.1 Å². The minimum absolute atomic E-state index is 0.0323. The lowest BCUT2D eigenvalue weighted by Gasteiger charge is -2.12. The Balaban J connectivity index is 2.02. The third-order valence-corrected chi connectivity index (χ3v) is 2.52. The van der Waals surface area contributed by atoms with Gasteiger partial charge in [-0.2, -0.15) is 9.71 Å². The van der Waals surface area contributed by atoms with Crippen molar-refractivity contribution < 1.29 is 9.57 Å². The van der Waals surface area contributed by atoms with E-state index in [0.717, 1.165) is 12.8 Å². The summed E-state index contributed by atoms with van der Waals surface area (Å²) in [6.07, 6.45) is 2.77. The maximum atomic E-state index is 11.7. The van der Waals surface area contributed by atoms with E-state index in [9.17, 15) is 4.79 Å². The monoisotopic (exact) mass is 237 g/mol. The molecule has 8 heteroatoms. The van der Waals surface area contributed by atoms with Crippen LogP contribution in [0.25, 0.3) is 11.2 Å². The molecule has 0 bridgehead atoms. The van der Waals surface area contributed by atoms with E-state index < -0.39 is 0 Å². The van der Waals surface area contributed by atoms with Crippen LogP contribution in [0.15, 0.2) is 11.1 Å². The summed E-state index contributed by atoms with van der Waals surface area (Å²) in [6.45, 7) is 0.666. The van der Waals surface area contributed by atoms with Gasteiger partial charge >= 0.3 is 0 Å². The molecule has 0 aromatic carbocycles. The predicted octanol–water partition coefficient (Wildman–Crippen LogP) is -0.733. The van der Waals surface area contributed by atoms with E-state index in [2.05, 4.69) is 15.0 Å². The van der Waals surface area contributed by atoms with Crippen LogP contribution in [0.4, 0.5) is 5.95 Å². The van der Waals surface area contributed by atoms with Gasteiger partial charge in [0.2, 0.25) is 12.2 Å². The number of aromatic amines is 1. The van der Waals surface area contributed by atoms with Crippen LogP contribution in [0.2, 0.25) is 0 Å².